The summed E-state index contributed by atoms with van der Waals surface area (Å²) in [5.41, 5.74) is 2.69. The first-order valence-corrected chi connectivity index (χ1v) is 7.93. The molecule has 2 amide bonds. The van der Waals surface area contributed by atoms with Crippen molar-refractivity contribution in [2.24, 2.45) is 5.10 Å². The number of anilines is 1. The fraction of sp³-hybridized carbons (Fsp3) is 0. The fourth-order valence-corrected chi connectivity index (χ4v) is 2.44. The molecule has 0 spiro atoms. The summed E-state index contributed by atoms with van der Waals surface area (Å²) in [5, 5.41) is 7.30. The van der Waals surface area contributed by atoms with Crippen LogP contribution in [0.25, 0.3) is 0 Å². The first-order chi connectivity index (χ1) is 11.4. The Kier molecular flexibility index (Phi) is 6.45. The lowest BCUT2D eigenvalue weighted by Crippen LogP contribution is -2.32. The molecule has 2 N–H and O–H groups in total. The summed E-state index contributed by atoms with van der Waals surface area (Å²) in [5.74, 6) is -1.95. The maximum atomic E-state index is 11.8. The van der Waals surface area contributed by atoms with Gasteiger partial charge >= 0.3 is 11.8 Å². The van der Waals surface area contributed by atoms with Crippen LogP contribution in [0.3, 0.4) is 0 Å². The third-order valence-corrected chi connectivity index (χ3v) is 3.97. The van der Waals surface area contributed by atoms with Gasteiger partial charge in [0.05, 0.1) is 27.0 Å². The molecule has 24 heavy (non-hydrogen) atoms. The zero-order valence-corrected chi connectivity index (χ0v) is 14.8. The van der Waals surface area contributed by atoms with E-state index in [9.17, 15) is 9.59 Å². The number of nitrogens with zero attached hydrogens (tertiary/aromatic N) is 1. The van der Waals surface area contributed by atoms with Crippen LogP contribution in [-0.2, 0) is 9.59 Å². The van der Waals surface area contributed by atoms with Crippen LogP contribution >= 0.6 is 46.4 Å². The molecule has 0 unspecified atom stereocenters. The Morgan fingerprint density at radius 1 is 0.917 bits per heavy atom. The van der Waals surface area contributed by atoms with Crippen LogP contribution in [0.15, 0.2) is 41.5 Å². The first-order valence-electron chi connectivity index (χ1n) is 6.42. The van der Waals surface area contributed by atoms with E-state index < -0.39 is 11.8 Å². The monoisotopic (exact) mass is 403 g/mol. The average molecular weight is 405 g/mol. The highest BCUT2D eigenvalue weighted by Crippen LogP contribution is 2.25. The number of amides is 2. The molecule has 2 aromatic carbocycles. The van der Waals surface area contributed by atoms with Crippen LogP contribution in [-0.4, -0.2) is 18.0 Å². The number of halogens is 4. The van der Waals surface area contributed by atoms with E-state index in [0.717, 1.165) is 0 Å². The summed E-state index contributed by atoms with van der Waals surface area (Å²) >= 11 is 23.6. The molecule has 0 fully saturated rings. The van der Waals surface area contributed by atoms with Gasteiger partial charge in [0.2, 0.25) is 0 Å². The average Bonchev–Trinajstić information content (AvgIpc) is 2.53. The Balaban J connectivity index is 2.01. The van der Waals surface area contributed by atoms with Crippen LogP contribution in [0.2, 0.25) is 20.1 Å². The predicted octanol–water partition coefficient (Wildman–Crippen LogP) is 4.39. The molecule has 2 aromatic rings. The molecular weight excluding hydrogens is 396 g/mol. The van der Waals surface area contributed by atoms with E-state index in [1.54, 1.807) is 24.3 Å². The molecule has 0 bridgehead atoms. The largest absolute Gasteiger partial charge is 0.329 e. The highest BCUT2D eigenvalue weighted by Gasteiger charge is 2.15. The number of rotatable bonds is 3. The molecule has 0 aliphatic rings. The van der Waals surface area contributed by atoms with E-state index in [1.807, 2.05) is 0 Å². The second-order valence-electron chi connectivity index (χ2n) is 4.41. The molecule has 0 aromatic heterocycles. The maximum absolute atomic E-state index is 11.8. The highest BCUT2D eigenvalue weighted by atomic mass is 35.5. The Morgan fingerprint density at radius 3 is 2.25 bits per heavy atom. The molecule has 0 aliphatic carbocycles. The van der Waals surface area contributed by atoms with Crippen molar-refractivity contribution in [3.63, 3.8) is 0 Å². The third kappa shape index (κ3) is 4.85. The van der Waals surface area contributed by atoms with E-state index >= 15 is 0 Å². The molecule has 5 nitrogen and oxygen atoms in total. The van der Waals surface area contributed by atoms with Crippen LogP contribution < -0.4 is 10.7 Å². The van der Waals surface area contributed by atoms with Crippen molar-refractivity contribution < 1.29 is 9.59 Å². The Bertz CT molecular complexity index is 804. The molecule has 124 valence electrons. The zero-order chi connectivity index (χ0) is 17.7. The molecule has 0 saturated heterocycles. The number of hydrazone groups is 1. The Labute approximate surface area is 157 Å². The number of hydrogen-bond acceptors (Lipinski definition) is 3. The van der Waals surface area contributed by atoms with Crippen molar-refractivity contribution in [2.75, 3.05) is 5.32 Å². The van der Waals surface area contributed by atoms with Crippen LogP contribution in [0, 0.1) is 0 Å². The molecule has 0 radical (unpaired) electrons. The summed E-state index contributed by atoms with van der Waals surface area (Å²) in [6, 6.07) is 9.37. The van der Waals surface area contributed by atoms with E-state index in [2.05, 4.69) is 15.8 Å². The summed E-state index contributed by atoms with van der Waals surface area (Å²) in [6.45, 7) is 0. The number of carbonyl (C=O) groups excluding carboxylic acids is 2. The van der Waals surface area contributed by atoms with Crippen molar-refractivity contribution in [1.29, 1.82) is 0 Å². The minimum atomic E-state index is -0.995. The maximum Gasteiger partial charge on any atom is 0.329 e. The van der Waals surface area contributed by atoms with Gasteiger partial charge in [0.15, 0.2) is 0 Å². The summed E-state index contributed by atoms with van der Waals surface area (Å²) < 4.78 is 0. The second kappa shape index (κ2) is 8.35. The van der Waals surface area contributed by atoms with Gasteiger partial charge in [0.1, 0.15) is 0 Å². The lowest BCUT2D eigenvalue weighted by atomic mass is 10.2. The Hall–Kier alpha value is -1.79. The molecule has 0 aliphatic heterocycles. The number of carbonyl (C=O) groups is 2. The molecule has 0 heterocycles. The highest BCUT2D eigenvalue weighted by molar-refractivity contribution is 6.42. The van der Waals surface area contributed by atoms with Gasteiger partial charge in [-0.2, -0.15) is 5.10 Å². The standard InChI is InChI=1S/C15H9Cl4N3O2/c16-8-4-5-12(19)13(6-8)21-14(23)15(24)22-20-7-9-10(17)2-1-3-11(9)18/h1-7H,(H,21,23)(H,22,24)/b20-7-. The van der Waals surface area contributed by atoms with E-state index in [-0.39, 0.29) is 10.7 Å². The van der Waals surface area contributed by atoms with Crippen LogP contribution in [0.1, 0.15) is 5.56 Å². The number of nitrogens with one attached hydrogen (secondary N) is 2. The summed E-state index contributed by atoms with van der Waals surface area (Å²) in [6.07, 6.45) is 1.24. The van der Waals surface area contributed by atoms with Crippen molar-refractivity contribution in [3.8, 4) is 0 Å². The van der Waals surface area contributed by atoms with Crippen LogP contribution in [0.4, 0.5) is 5.69 Å². The third-order valence-electron chi connectivity index (χ3n) is 2.74. The van der Waals surface area contributed by atoms with Crippen LogP contribution in [0.5, 0.6) is 0 Å². The van der Waals surface area contributed by atoms with Gasteiger partial charge in [-0.1, -0.05) is 52.5 Å². The normalized spacial score (nSPS) is 10.7. The van der Waals surface area contributed by atoms with Gasteiger partial charge in [0, 0.05) is 10.6 Å². The van der Waals surface area contributed by atoms with Gasteiger partial charge < -0.3 is 5.32 Å². The van der Waals surface area contributed by atoms with Crippen molar-refractivity contribution in [2.45, 2.75) is 0 Å². The molecule has 0 saturated carbocycles. The van der Waals surface area contributed by atoms with Crippen molar-refractivity contribution >= 4 is 70.1 Å². The predicted molar refractivity (Wildman–Crippen MR) is 97.3 cm³/mol. The fourth-order valence-electron chi connectivity index (χ4n) is 1.61. The topological polar surface area (TPSA) is 70.6 Å². The van der Waals surface area contributed by atoms with Gasteiger partial charge in [-0.3, -0.25) is 9.59 Å². The molecule has 0 atom stereocenters. The lowest BCUT2D eigenvalue weighted by Gasteiger charge is -2.06. The van der Waals surface area contributed by atoms with E-state index in [4.69, 9.17) is 46.4 Å². The van der Waals surface area contributed by atoms with Gasteiger partial charge in [-0.15, -0.1) is 0 Å². The van der Waals surface area contributed by atoms with Gasteiger partial charge in [0.25, 0.3) is 0 Å². The Morgan fingerprint density at radius 2 is 1.58 bits per heavy atom. The van der Waals surface area contributed by atoms with E-state index in [1.165, 1.54) is 18.3 Å². The molecule has 2 rings (SSSR count). The lowest BCUT2D eigenvalue weighted by molar-refractivity contribution is -0.136. The van der Waals surface area contributed by atoms with Crippen molar-refractivity contribution in [1.82, 2.24) is 5.43 Å². The minimum Gasteiger partial charge on any atom is -0.316 e. The quantitative estimate of drug-likeness (QED) is 0.452. The smallest absolute Gasteiger partial charge is 0.316 e. The number of hydrogen-bond donors (Lipinski definition) is 2. The number of benzene rings is 2. The van der Waals surface area contributed by atoms with Crippen molar-refractivity contribution in [3.05, 3.63) is 62.1 Å². The second-order valence-corrected chi connectivity index (χ2v) is 6.07. The van der Waals surface area contributed by atoms with Gasteiger partial charge in [-0.25, -0.2) is 5.43 Å². The zero-order valence-electron chi connectivity index (χ0n) is 11.8. The minimum absolute atomic E-state index is 0.211. The SMILES string of the molecule is O=C(N/N=C\c1c(Cl)cccc1Cl)C(=O)Nc1cc(Cl)ccc1Cl. The summed E-state index contributed by atoms with van der Waals surface area (Å²) in [4.78, 5) is 23.5. The van der Waals surface area contributed by atoms with E-state index in [0.29, 0.717) is 20.6 Å². The molecular formula is C15H9Cl4N3O2. The van der Waals surface area contributed by atoms with Gasteiger partial charge in [-0.05, 0) is 30.3 Å². The first kappa shape index (κ1) is 18.5. The summed E-state index contributed by atoms with van der Waals surface area (Å²) in [7, 11) is 0. The molecule has 9 heteroatoms.